The Labute approximate surface area is 148 Å². The molecule has 0 saturated carbocycles. The van der Waals surface area contributed by atoms with Gasteiger partial charge < -0.3 is 19.5 Å². The minimum absolute atomic E-state index is 0.103. The Morgan fingerprint density at radius 2 is 1.64 bits per heavy atom. The summed E-state index contributed by atoms with van der Waals surface area (Å²) in [5, 5.41) is 2.93. The molecule has 2 aromatic carbocycles. The van der Waals surface area contributed by atoms with Gasteiger partial charge in [0.25, 0.3) is 0 Å². The Kier molecular flexibility index (Phi) is 6.46. The fraction of sp³-hybridized carbons (Fsp3) is 0.250. The molecule has 2 aromatic rings. The molecule has 5 heteroatoms. The Balaban J connectivity index is 1.99. The van der Waals surface area contributed by atoms with Crippen LogP contribution in [0, 0.1) is 0 Å². The summed E-state index contributed by atoms with van der Waals surface area (Å²) in [4.78, 5) is 12.1. The molecule has 1 N–H and O–H groups in total. The van der Waals surface area contributed by atoms with Gasteiger partial charge in [-0.15, -0.1) is 0 Å². The lowest BCUT2D eigenvalue weighted by molar-refractivity contribution is -0.117. The second-order valence-corrected chi connectivity index (χ2v) is 5.45. The van der Waals surface area contributed by atoms with Crippen molar-refractivity contribution in [1.29, 1.82) is 0 Å². The lowest BCUT2D eigenvalue weighted by Gasteiger charge is -2.13. The van der Waals surface area contributed by atoms with Crippen molar-refractivity contribution in [3.63, 3.8) is 0 Å². The van der Waals surface area contributed by atoms with Crippen molar-refractivity contribution >= 4 is 12.0 Å². The number of benzene rings is 2. The summed E-state index contributed by atoms with van der Waals surface area (Å²) < 4.78 is 15.6. The Morgan fingerprint density at radius 1 is 0.960 bits per heavy atom. The van der Waals surface area contributed by atoms with Crippen molar-refractivity contribution in [3.8, 4) is 17.2 Å². The lowest BCUT2D eigenvalue weighted by Crippen LogP contribution is -2.24. The monoisotopic (exact) mass is 341 g/mol. The molecule has 25 heavy (non-hydrogen) atoms. The maximum Gasteiger partial charge on any atom is 0.244 e. The molecule has 2 rings (SSSR count). The van der Waals surface area contributed by atoms with Gasteiger partial charge in [0.05, 0.1) is 27.4 Å². The van der Waals surface area contributed by atoms with E-state index in [2.05, 4.69) is 5.32 Å². The fourth-order valence-corrected chi connectivity index (χ4v) is 2.37. The molecule has 0 radical (unpaired) electrons. The molecule has 5 nitrogen and oxygen atoms in total. The molecule has 0 aliphatic heterocycles. The van der Waals surface area contributed by atoms with Crippen LogP contribution >= 0.6 is 0 Å². The van der Waals surface area contributed by atoms with Gasteiger partial charge >= 0.3 is 0 Å². The van der Waals surface area contributed by atoms with Crippen molar-refractivity contribution in [2.75, 3.05) is 21.3 Å². The highest BCUT2D eigenvalue weighted by molar-refractivity contribution is 5.92. The van der Waals surface area contributed by atoms with Crippen LogP contribution in [0.15, 0.2) is 48.5 Å². The van der Waals surface area contributed by atoms with Crippen molar-refractivity contribution in [2.24, 2.45) is 0 Å². The zero-order chi connectivity index (χ0) is 18.2. The number of carbonyl (C=O) groups excluding carboxylic acids is 1. The summed E-state index contributed by atoms with van der Waals surface area (Å²) in [6.45, 7) is 1.93. The minimum Gasteiger partial charge on any atom is -0.497 e. The number of methoxy groups -OCH3 is 3. The molecular weight excluding hydrogens is 318 g/mol. The van der Waals surface area contributed by atoms with Crippen LogP contribution in [0.2, 0.25) is 0 Å². The molecular formula is C20H23NO4. The first kappa shape index (κ1) is 18.4. The van der Waals surface area contributed by atoms with Gasteiger partial charge in [-0.3, -0.25) is 4.79 Å². The number of ether oxygens (including phenoxy) is 3. The maximum absolute atomic E-state index is 12.1. The quantitative estimate of drug-likeness (QED) is 0.782. The van der Waals surface area contributed by atoms with E-state index in [1.54, 1.807) is 33.5 Å². The summed E-state index contributed by atoms with van der Waals surface area (Å²) >= 11 is 0. The van der Waals surface area contributed by atoms with E-state index >= 15 is 0 Å². The van der Waals surface area contributed by atoms with E-state index in [1.165, 1.54) is 6.08 Å². The highest BCUT2D eigenvalue weighted by atomic mass is 16.5. The van der Waals surface area contributed by atoms with Crippen molar-refractivity contribution in [3.05, 3.63) is 59.7 Å². The first-order valence-corrected chi connectivity index (χ1v) is 7.92. The molecule has 0 aliphatic rings. The van der Waals surface area contributed by atoms with E-state index in [9.17, 15) is 4.79 Å². The number of hydrogen-bond donors (Lipinski definition) is 1. The average molecular weight is 341 g/mol. The lowest BCUT2D eigenvalue weighted by atomic mass is 10.1. The fourth-order valence-electron chi connectivity index (χ4n) is 2.37. The van der Waals surface area contributed by atoms with Crippen LogP contribution in [0.1, 0.15) is 24.1 Å². The van der Waals surface area contributed by atoms with Crippen LogP contribution in [0.5, 0.6) is 17.2 Å². The molecule has 132 valence electrons. The third-order valence-corrected chi connectivity index (χ3v) is 3.81. The molecule has 1 atom stereocenters. The zero-order valence-electron chi connectivity index (χ0n) is 14.9. The summed E-state index contributed by atoms with van der Waals surface area (Å²) in [5.41, 5.74) is 1.86. The minimum atomic E-state index is -0.168. The highest BCUT2D eigenvalue weighted by Crippen LogP contribution is 2.28. The average Bonchev–Trinajstić information content (AvgIpc) is 2.66. The van der Waals surface area contributed by atoms with E-state index < -0.39 is 0 Å². The third-order valence-electron chi connectivity index (χ3n) is 3.81. The van der Waals surface area contributed by atoms with Crippen LogP contribution in [0.4, 0.5) is 0 Å². The van der Waals surface area contributed by atoms with Gasteiger partial charge in [0.2, 0.25) is 5.91 Å². The van der Waals surface area contributed by atoms with Crippen LogP contribution in [-0.2, 0) is 4.79 Å². The van der Waals surface area contributed by atoms with Crippen LogP contribution < -0.4 is 19.5 Å². The summed E-state index contributed by atoms with van der Waals surface area (Å²) in [6.07, 6.45) is 3.24. The summed E-state index contributed by atoms with van der Waals surface area (Å²) in [6, 6.07) is 13.0. The number of amides is 1. The maximum atomic E-state index is 12.1. The Morgan fingerprint density at radius 3 is 2.24 bits per heavy atom. The molecule has 0 bridgehead atoms. The number of hydrogen-bond acceptors (Lipinski definition) is 4. The molecule has 0 saturated heterocycles. The van der Waals surface area contributed by atoms with E-state index in [0.717, 1.165) is 16.9 Å². The van der Waals surface area contributed by atoms with Gasteiger partial charge in [-0.1, -0.05) is 18.2 Å². The molecule has 0 unspecified atom stereocenters. The van der Waals surface area contributed by atoms with Gasteiger partial charge in [0.15, 0.2) is 11.5 Å². The third kappa shape index (κ3) is 5.01. The SMILES string of the molecule is COc1ccc([C@H](C)NC(=O)/C=C/c2ccc(OC)c(OC)c2)cc1. The molecule has 0 fully saturated rings. The van der Waals surface area contributed by atoms with E-state index in [1.807, 2.05) is 43.3 Å². The zero-order valence-corrected chi connectivity index (χ0v) is 14.9. The predicted octanol–water partition coefficient (Wildman–Crippen LogP) is 3.60. The van der Waals surface area contributed by atoms with Crippen LogP contribution in [0.25, 0.3) is 6.08 Å². The van der Waals surface area contributed by atoms with Crippen molar-refractivity contribution < 1.29 is 19.0 Å². The van der Waals surface area contributed by atoms with Crippen molar-refractivity contribution in [2.45, 2.75) is 13.0 Å². The van der Waals surface area contributed by atoms with E-state index in [0.29, 0.717) is 11.5 Å². The molecule has 0 spiro atoms. The Bertz CT molecular complexity index is 738. The highest BCUT2D eigenvalue weighted by Gasteiger charge is 2.08. The van der Waals surface area contributed by atoms with Crippen LogP contribution in [-0.4, -0.2) is 27.2 Å². The number of rotatable bonds is 7. The van der Waals surface area contributed by atoms with Crippen molar-refractivity contribution in [1.82, 2.24) is 5.32 Å². The van der Waals surface area contributed by atoms with Gasteiger partial charge in [0.1, 0.15) is 5.75 Å². The molecule has 0 aliphatic carbocycles. The number of nitrogens with one attached hydrogen (secondary N) is 1. The standard InChI is InChI=1S/C20H23NO4/c1-14(16-7-9-17(23-2)10-8-16)21-20(22)12-6-15-5-11-18(24-3)19(13-15)25-4/h5-14H,1-4H3,(H,21,22)/b12-6+/t14-/m0/s1. The second kappa shape index (κ2) is 8.78. The van der Waals surface area contributed by atoms with Gasteiger partial charge in [-0.2, -0.15) is 0 Å². The first-order valence-electron chi connectivity index (χ1n) is 7.92. The smallest absolute Gasteiger partial charge is 0.244 e. The summed E-state index contributed by atoms with van der Waals surface area (Å²) in [7, 11) is 4.79. The molecule has 0 heterocycles. The number of carbonyl (C=O) groups is 1. The van der Waals surface area contributed by atoms with Gasteiger partial charge in [0, 0.05) is 6.08 Å². The van der Waals surface area contributed by atoms with Gasteiger partial charge in [-0.05, 0) is 48.4 Å². The van der Waals surface area contributed by atoms with Crippen LogP contribution in [0.3, 0.4) is 0 Å². The topological polar surface area (TPSA) is 56.8 Å². The predicted molar refractivity (Wildman–Crippen MR) is 98.1 cm³/mol. The van der Waals surface area contributed by atoms with E-state index in [-0.39, 0.29) is 11.9 Å². The molecule has 0 aromatic heterocycles. The van der Waals surface area contributed by atoms with E-state index in [4.69, 9.17) is 14.2 Å². The first-order chi connectivity index (χ1) is 12.1. The summed E-state index contributed by atoms with van der Waals surface area (Å²) in [5.74, 6) is 1.89. The Hall–Kier alpha value is -2.95. The molecule has 1 amide bonds. The normalized spacial score (nSPS) is 11.8. The van der Waals surface area contributed by atoms with Gasteiger partial charge in [-0.25, -0.2) is 0 Å². The largest absolute Gasteiger partial charge is 0.497 e. The second-order valence-electron chi connectivity index (χ2n) is 5.45.